The lowest BCUT2D eigenvalue weighted by Gasteiger charge is -2.19. The third-order valence-corrected chi connectivity index (χ3v) is 3.65. The minimum atomic E-state index is -4.13. The topological polar surface area (TPSA) is 29.9 Å². The Kier molecular flexibility index (Phi) is 6.33. The zero-order chi connectivity index (χ0) is 15.3. The van der Waals surface area contributed by atoms with Gasteiger partial charge in [-0.25, -0.2) is 0 Å². The number of hydrogen-bond donors (Lipinski definition) is 1. The average molecular weight is 312 g/mol. The molecule has 1 aromatic rings. The third kappa shape index (κ3) is 4.98. The summed E-state index contributed by atoms with van der Waals surface area (Å²) in [5.74, 6) is 0. The number of aryl methyl sites for hydroxylation is 2. The van der Waals surface area contributed by atoms with Crippen LogP contribution >= 0.6 is 11.6 Å². The van der Waals surface area contributed by atoms with E-state index in [1.54, 1.807) is 11.6 Å². The molecule has 1 heterocycles. The molecule has 0 amide bonds. The lowest BCUT2D eigenvalue weighted by molar-refractivity contribution is -0.136. The molecule has 0 aromatic carbocycles. The fourth-order valence-corrected chi connectivity index (χ4v) is 2.41. The Bertz CT molecular complexity index is 429. The molecule has 116 valence electrons. The molecule has 1 rings (SSSR count). The van der Waals surface area contributed by atoms with Crippen molar-refractivity contribution >= 4 is 11.6 Å². The lowest BCUT2D eigenvalue weighted by Crippen LogP contribution is -2.33. The van der Waals surface area contributed by atoms with Gasteiger partial charge >= 0.3 is 6.18 Å². The largest absolute Gasteiger partial charge is 0.389 e. The molecule has 7 heteroatoms. The first kappa shape index (κ1) is 17.3. The van der Waals surface area contributed by atoms with Crippen molar-refractivity contribution in [3.05, 3.63) is 16.4 Å². The van der Waals surface area contributed by atoms with Crippen molar-refractivity contribution in [1.29, 1.82) is 0 Å². The van der Waals surface area contributed by atoms with E-state index in [0.717, 1.165) is 11.4 Å². The number of alkyl halides is 3. The standard InChI is InChI=1S/C13H21ClF3N3/c1-4-18-10(6-7-13(15,16)17)8-11-12(14)9(3)19-20(11)5-2/h10,18H,4-8H2,1-3H3. The van der Waals surface area contributed by atoms with Gasteiger partial charge in [0.15, 0.2) is 0 Å². The summed E-state index contributed by atoms with van der Waals surface area (Å²) in [5, 5.41) is 7.93. The van der Waals surface area contributed by atoms with Gasteiger partial charge in [-0.2, -0.15) is 18.3 Å². The lowest BCUT2D eigenvalue weighted by atomic mass is 10.0. The summed E-state index contributed by atoms with van der Waals surface area (Å²) in [6.45, 7) is 6.89. The Hall–Kier alpha value is -0.750. The molecule has 1 aromatic heterocycles. The van der Waals surface area contributed by atoms with Crippen LogP contribution in [0.15, 0.2) is 0 Å². The van der Waals surface area contributed by atoms with Gasteiger partial charge in [-0.15, -0.1) is 0 Å². The van der Waals surface area contributed by atoms with Crippen LogP contribution < -0.4 is 5.32 Å². The first-order chi connectivity index (χ1) is 9.28. The van der Waals surface area contributed by atoms with Gasteiger partial charge in [0, 0.05) is 25.4 Å². The molecule has 0 aliphatic rings. The minimum Gasteiger partial charge on any atom is -0.314 e. The molecule has 0 bridgehead atoms. The number of aromatic nitrogens is 2. The van der Waals surface area contributed by atoms with Crippen LogP contribution in [-0.4, -0.2) is 28.5 Å². The molecule has 0 aliphatic heterocycles. The fourth-order valence-electron chi connectivity index (χ4n) is 2.20. The van der Waals surface area contributed by atoms with E-state index < -0.39 is 12.6 Å². The minimum absolute atomic E-state index is 0.0433. The number of halogens is 4. The normalized spacial score (nSPS) is 13.8. The van der Waals surface area contributed by atoms with E-state index >= 15 is 0 Å². The highest BCUT2D eigenvalue weighted by molar-refractivity contribution is 6.31. The number of rotatable bonds is 7. The molecule has 0 spiro atoms. The summed E-state index contributed by atoms with van der Waals surface area (Å²) < 4.78 is 38.8. The van der Waals surface area contributed by atoms with E-state index in [1.165, 1.54) is 0 Å². The van der Waals surface area contributed by atoms with Gasteiger partial charge in [0.25, 0.3) is 0 Å². The van der Waals surface area contributed by atoms with E-state index in [4.69, 9.17) is 11.6 Å². The maximum absolute atomic E-state index is 12.4. The van der Waals surface area contributed by atoms with Gasteiger partial charge in [-0.05, 0) is 26.8 Å². The van der Waals surface area contributed by atoms with Crippen molar-refractivity contribution in [2.45, 2.75) is 58.8 Å². The second kappa shape index (κ2) is 7.31. The number of nitrogens with one attached hydrogen (secondary N) is 1. The summed E-state index contributed by atoms with van der Waals surface area (Å²) in [7, 11) is 0. The number of likely N-dealkylation sites (N-methyl/N-ethyl adjacent to an activating group) is 1. The molecule has 20 heavy (non-hydrogen) atoms. The molecular formula is C13H21ClF3N3. The van der Waals surface area contributed by atoms with Gasteiger partial charge in [-0.1, -0.05) is 18.5 Å². The van der Waals surface area contributed by atoms with E-state index in [0.29, 0.717) is 24.5 Å². The summed E-state index contributed by atoms with van der Waals surface area (Å²) >= 11 is 6.19. The predicted molar refractivity (Wildman–Crippen MR) is 74.1 cm³/mol. The molecule has 0 saturated carbocycles. The van der Waals surface area contributed by atoms with Crippen LogP contribution in [0.5, 0.6) is 0 Å². The van der Waals surface area contributed by atoms with Crippen LogP contribution in [0.25, 0.3) is 0 Å². The second-order valence-electron chi connectivity index (χ2n) is 4.77. The Morgan fingerprint density at radius 3 is 2.50 bits per heavy atom. The molecule has 0 fully saturated rings. The maximum atomic E-state index is 12.4. The first-order valence-corrected chi connectivity index (χ1v) is 7.18. The Morgan fingerprint density at radius 2 is 2.00 bits per heavy atom. The van der Waals surface area contributed by atoms with Crippen LogP contribution in [-0.2, 0) is 13.0 Å². The maximum Gasteiger partial charge on any atom is 0.389 e. The summed E-state index contributed by atoms with van der Waals surface area (Å²) in [6, 6.07) is -0.250. The van der Waals surface area contributed by atoms with Gasteiger partial charge in [0.05, 0.1) is 16.4 Å². The summed E-state index contributed by atoms with van der Waals surface area (Å²) in [4.78, 5) is 0. The van der Waals surface area contributed by atoms with Crippen molar-refractivity contribution < 1.29 is 13.2 Å². The molecule has 1 atom stereocenters. The van der Waals surface area contributed by atoms with Crippen LogP contribution in [0.3, 0.4) is 0 Å². The molecule has 0 saturated heterocycles. The van der Waals surface area contributed by atoms with Crippen LogP contribution in [0.1, 0.15) is 38.1 Å². The van der Waals surface area contributed by atoms with Crippen molar-refractivity contribution in [3.8, 4) is 0 Å². The first-order valence-electron chi connectivity index (χ1n) is 6.80. The number of hydrogen-bond acceptors (Lipinski definition) is 2. The third-order valence-electron chi connectivity index (χ3n) is 3.16. The highest BCUT2D eigenvalue weighted by atomic mass is 35.5. The van der Waals surface area contributed by atoms with Gasteiger partial charge in [-0.3, -0.25) is 4.68 Å². The van der Waals surface area contributed by atoms with Crippen molar-refractivity contribution in [2.75, 3.05) is 6.54 Å². The van der Waals surface area contributed by atoms with Gasteiger partial charge in [0.1, 0.15) is 0 Å². The van der Waals surface area contributed by atoms with E-state index in [1.807, 2.05) is 13.8 Å². The Labute approximate surface area is 122 Å². The molecular weight excluding hydrogens is 291 g/mol. The van der Waals surface area contributed by atoms with E-state index in [9.17, 15) is 13.2 Å². The summed E-state index contributed by atoms with van der Waals surface area (Å²) in [6.07, 6.45) is -4.42. The van der Waals surface area contributed by atoms with E-state index in [-0.39, 0.29) is 12.5 Å². The van der Waals surface area contributed by atoms with Gasteiger partial charge < -0.3 is 5.32 Å². The van der Waals surface area contributed by atoms with Crippen LogP contribution in [0.2, 0.25) is 5.02 Å². The average Bonchev–Trinajstić information content (AvgIpc) is 2.63. The van der Waals surface area contributed by atoms with Crippen LogP contribution in [0.4, 0.5) is 13.2 Å². The predicted octanol–water partition coefficient (Wildman–Crippen LogP) is 3.73. The molecule has 0 radical (unpaired) electrons. The zero-order valence-corrected chi connectivity index (χ0v) is 12.8. The second-order valence-corrected chi connectivity index (χ2v) is 5.15. The fraction of sp³-hybridized carbons (Fsp3) is 0.769. The van der Waals surface area contributed by atoms with Crippen molar-refractivity contribution in [2.24, 2.45) is 0 Å². The zero-order valence-electron chi connectivity index (χ0n) is 12.0. The molecule has 0 aliphatic carbocycles. The van der Waals surface area contributed by atoms with Crippen molar-refractivity contribution in [3.63, 3.8) is 0 Å². The van der Waals surface area contributed by atoms with Crippen molar-refractivity contribution in [1.82, 2.24) is 15.1 Å². The quantitative estimate of drug-likeness (QED) is 0.831. The Balaban J connectivity index is 2.79. The molecule has 3 nitrogen and oxygen atoms in total. The summed E-state index contributed by atoms with van der Waals surface area (Å²) in [5.41, 5.74) is 1.52. The molecule has 1 N–H and O–H groups in total. The number of nitrogens with zero attached hydrogens (tertiary/aromatic N) is 2. The Morgan fingerprint density at radius 1 is 1.35 bits per heavy atom. The highest BCUT2D eigenvalue weighted by Gasteiger charge is 2.29. The van der Waals surface area contributed by atoms with Crippen LogP contribution in [0, 0.1) is 6.92 Å². The van der Waals surface area contributed by atoms with Gasteiger partial charge in [0.2, 0.25) is 0 Å². The highest BCUT2D eigenvalue weighted by Crippen LogP contribution is 2.26. The van der Waals surface area contributed by atoms with E-state index in [2.05, 4.69) is 10.4 Å². The SMILES string of the molecule is CCNC(CCC(F)(F)F)Cc1c(Cl)c(C)nn1CC. The molecule has 1 unspecified atom stereocenters. The monoisotopic (exact) mass is 311 g/mol. The smallest absolute Gasteiger partial charge is 0.314 e.